The van der Waals surface area contributed by atoms with Gasteiger partial charge in [0.2, 0.25) is 0 Å². The Morgan fingerprint density at radius 1 is 1.33 bits per heavy atom. The Hall–Kier alpha value is -0.720. The molecule has 0 radical (unpaired) electrons. The standard InChI is InChI=1S/C9H15N.C2H6/c1-2-10-9-7-5-3-4-6-8-9;1-2/h5,7-8,10H,2-4,6H2,1H3;1-2H3. The predicted molar refractivity (Wildman–Crippen MR) is 56.1 cm³/mol. The van der Waals surface area contributed by atoms with E-state index in [1.807, 2.05) is 13.8 Å². The average molecular weight is 167 g/mol. The van der Waals surface area contributed by atoms with Crippen molar-refractivity contribution in [2.75, 3.05) is 6.54 Å². The molecule has 0 saturated heterocycles. The minimum absolute atomic E-state index is 1.02. The van der Waals surface area contributed by atoms with Gasteiger partial charge >= 0.3 is 0 Å². The molecule has 0 aromatic heterocycles. The zero-order chi connectivity index (χ0) is 9.23. The molecule has 0 bridgehead atoms. The highest BCUT2D eigenvalue weighted by Gasteiger charge is 1.92. The molecular weight excluding hydrogens is 146 g/mol. The minimum atomic E-state index is 1.02. The van der Waals surface area contributed by atoms with Crippen molar-refractivity contribution in [2.45, 2.75) is 40.0 Å². The van der Waals surface area contributed by atoms with Gasteiger partial charge in [0.1, 0.15) is 0 Å². The Labute approximate surface area is 76.6 Å². The maximum Gasteiger partial charge on any atom is 0.0296 e. The van der Waals surface area contributed by atoms with Crippen molar-refractivity contribution in [3.05, 3.63) is 23.9 Å². The summed E-state index contributed by atoms with van der Waals surface area (Å²) in [5.74, 6) is 0. The van der Waals surface area contributed by atoms with E-state index >= 15 is 0 Å². The summed E-state index contributed by atoms with van der Waals surface area (Å²) >= 11 is 0. The maximum atomic E-state index is 3.30. The van der Waals surface area contributed by atoms with Crippen molar-refractivity contribution in [2.24, 2.45) is 0 Å². The lowest BCUT2D eigenvalue weighted by Crippen LogP contribution is -2.09. The highest BCUT2D eigenvalue weighted by molar-refractivity contribution is 5.18. The lowest BCUT2D eigenvalue weighted by molar-refractivity contribution is 0.850. The van der Waals surface area contributed by atoms with Crippen molar-refractivity contribution in [3.63, 3.8) is 0 Å². The molecule has 0 saturated carbocycles. The molecule has 0 fully saturated rings. The molecule has 0 amide bonds. The van der Waals surface area contributed by atoms with Crippen LogP contribution in [0.5, 0.6) is 0 Å². The van der Waals surface area contributed by atoms with E-state index in [9.17, 15) is 0 Å². The van der Waals surface area contributed by atoms with Crippen molar-refractivity contribution in [3.8, 4) is 0 Å². The van der Waals surface area contributed by atoms with Crippen LogP contribution in [-0.2, 0) is 0 Å². The van der Waals surface area contributed by atoms with Gasteiger partial charge in [-0.15, -0.1) is 0 Å². The van der Waals surface area contributed by atoms with Crippen LogP contribution in [0.25, 0.3) is 0 Å². The lowest BCUT2D eigenvalue weighted by Gasteiger charge is -2.00. The van der Waals surface area contributed by atoms with Gasteiger partial charge in [-0.1, -0.05) is 26.0 Å². The normalized spacial score (nSPS) is 15.4. The highest BCUT2D eigenvalue weighted by Crippen LogP contribution is 2.07. The molecule has 1 heteroatoms. The van der Waals surface area contributed by atoms with Crippen LogP contribution in [0.3, 0.4) is 0 Å². The van der Waals surface area contributed by atoms with Gasteiger partial charge in [0, 0.05) is 12.2 Å². The third-order valence-corrected chi connectivity index (χ3v) is 1.62. The van der Waals surface area contributed by atoms with E-state index in [0.29, 0.717) is 0 Å². The fourth-order valence-electron chi connectivity index (χ4n) is 1.11. The Morgan fingerprint density at radius 3 is 2.75 bits per heavy atom. The van der Waals surface area contributed by atoms with Gasteiger partial charge in [-0.2, -0.15) is 0 Å². The first-order valence-electron chi connectivity index (χ1n) is 5.04. The summed E-state index contributed by atoms with van der Waals surface area (Å²) in [6.07, 6.45) is 10.4. The van der Waals surface area contributed by atoms with Crippen LogP contribution >= 0.6 is 0 Å². The van der Waals surface area contributed by atoms with Crippen molar-refractivity contribution >= 4 is 0 Å². The molecular formula is C11H21N. The Balaban J connectivity index is 0.000000561. The Bertz CT molecular complexity index is 145. The van der Waals surface area contributed by atoms with Gasteiger partial charge in [0.15, 0.2) is 0 Å². The van der Waals surface area contributed by atoms with Gasteiger partial charge in [0.25, 0.3) is 0 Å². The Kier molecular flexibility index (Phi) is 7.87. The molecule has 12 heavy (non-hydrogen) atoms. The zero-order valence-electron chi connectivity index (χ0n) is 8.56. The smallest absolute Gasteiger partial charge is 0.0296 e. The summed E-state index contributed by atoms with van der Waals surface area (Å²) in [6, 6.07) is 0. The molecule has 0 heterocycles. The molecule has 0 aromatic rings. The third kappa shape index (κ3) is 5.00. The monoisotopic (exact) mass is 167 g/mol. The van der Waals surface area contributed by atoms with Crippen molar-refractivity contribution < 1.29 is 0 Å². The van der Waals surface area contributed by atoms with E-state index in [4.69, 9.17) is 0 Å². The first-order chi connectivity index (χ1) is 5.93. The molecule has 1 N–H and O–H groups in total. The second-order valence-corrected chi connectivity index (χ2v) is 2.52. The second kappa shape index (κ2) is 8.38. The van der Waals surface area contributed by atoms with E-state index in [1.54, 1.807) is 0 Å². The fraction of sp³-hybridized carbons (Fsp3) is 0.636. The number of allylic oxidation sites excluding steroid dienone is 3. The SMILES string of the molecule is CC.CCNC1=CCCCC=C1. The zero-order valence-corrected chi connectivity index (χ0v) is 8.56. The van der Waals surface area contributed by atoms with Gasteiger partial charge in [-0.25, -0.2) is 0 Å². The highest BCUT2D eigenvalue weighted by atomic mass is 14.9. The van der Waals surface area contributed by atoms with E-state index < -0.39 is 0 Å². The van der Waals surface area contributed by atoms with E-state index in [0.717, 1.165) is 6.54 Å². The molecule has 0 aliphatic heterocycles. The van der Waals surface area contributed by atoms with E-state index in [2.05, 4.69) is 30.5 Å². The summed E-state index contributed by atoms with van der Waals surface area (Å²) < 4.78 is 0. The number of hydrogen-bond donors (Lipinski definition) is 1. The van der Waals surface area contributed by atoms with Crippen molar-refractivity contribution in [1.82, 2.24) is 5.32 Å². The molecule has 0 aromatic carbocycles. The first-order valence-corrected chi connectivity index (χ1v) is 5.04. The third-order valence-electron chi connectivity index (χ3n) is 1.62. The van der Waals surface area contributed by atoms with Crippen LogP contribution in [0.2, 0.25) is 0 Å². The molecule has 1 nitrogen and oxygen atoms in total. The molecule has 1 rings (SSSR count). The van der Waals surface area contributed by atoms with Crippen LogP contribution < -0.4 is 5.32 Å². The van der Waals surface area contributed by atoms with Crippen LogP contribution in [0.1, 0.15) is 40.0 Å². The minimum Gasteiger partial charge on any atom is -0.386 e. The summed E-state index contributed by atoms with van der Waals surface area (Å²) in [6.45, 7) is 7.15. The summed E-state index contributed by atoms with van der Waals surface area (Å²) in [5.41, 5.74) is 1.29. The van der Waals surface area contributed by atoms with Gasteiger partial charge < -0.3 is 5.32 Å². The van der Waals surface area contributed by atoms with E-state index in [1.165, 1.54) is 25.0 Å². The fourth-order valence-corrected chi connectivity index (χ4v) is 1.11. The van der Waals surface area contributed by atoms with Crippen LogP contribution in [-0.4, -0.2) is 6.54 Å². The number of hydrogen-bond acceptors (Lipinski definition) is 1. The number of likely N-dealkylation sites (N-methyl/N-ethyl adjacent to an activating group) is 1. The predicted octanol–water partition coefficient (Wildman–Crippen LogP) is 3.25. The van der Waals surface area contributed by atoms with Gasteiger partial charge in [-0.05, 0) is 32.3 Å². The van der Waals surface area contributed by atoms with E-state index in [-0.39, 0.29) is 0 Å². The lowest BCUT2D eigenvalue weighted by atomic mass is 10.2. The Morgan fingerprint density at radius 2 is 2.08 bits per heavy atom. The molecule has 1 aliphatic rings. The number of rotatable bonds is 2. The number of nitrogens with one attached hydrogen (secondary N) is 1. The largest absolute Gasteiger partial charge is 0.386 e. The molecule has 0 spiro atoms. The molecule has 70 valence electrons. The van der Waals surface area contributed by atoms with Crippen LogP contribution in [0.15, 0.2) is 23.9 Å². The summed E-state index contributed by atoms with van der Waals surface area (Å²) in [5, 5.41) is 3.30. The summed E-state index contributed by atoms with van der Waals surface area (Å²) in [4.78, 5) is 0. The van der Waals surface area contributed by atoms with Gasteiger partial charge in [-0.3, -0.25) is 0 Å². The molecule has 1 aliphatic carbocycles. The van der Waals surface area contributed by atoms with Crippen LogP contribution in [0.4, 0.5) is 0 Å². The second-order valence-electron chi connectivity index (χ2n) is 2.52. The molecule has 0 unspecified atom stereocenters. The average Bonchev–Trinajstić information content (AvgIpc) is 2.37. The quantitative estimate of drug-likeness (QED) is 0.665. The summed E-state index contributed by atoms with van der Waals surface area (Å²) in [7, 11) is 0. The first kappa shape index (κ1) is 11.3. The molecule has 0 atom stereocenters. The van der Waals surface area contributed by atoms with Crippen molar-refractivity contribution in [1.29, 1.82) is 0 Å². The topological polar surface area (TPSA) is 12.0 Å². The van der Waals surface area contributed by atoms with Gasteiger partial charge in [0.05, 0.1) is 0 Å². The van der Waals surface area contributed by atoms with Crippen LogP contribution in [0, 0.1) is 0 Å². The maximum absolute atomic E-state index is 3.30.